The van der Waals surface area contributed by atoms with Gasteiger partial charge in [-0.25, -0.2) is 9.37 Å². The van der Waals surface area contributed by atoms with Crippen LogP contribution in [0.15, 0.2) is 54.9 Å². The molecule has 4 heteroatoms. The van der Waals surface area contributed by atoms with Crippen molar-refractivity contribution in [2.24, 2.45) is 0 Å². The molecular formula is C16H16FN3. The zero-order valence-electron chi connectivity index (χ0n) is 11.3. The van der Waals surface area contributed by atoms with Crippen molar-refractivity contribution in [3.05, 3.63) is 71.9 Å². The summed E-state index contributed by atoms with van der Waals surface area (Å²) in [5.74, 6) is -0.205. The number of hydrogen-bond donors (Lipinski definition) is 1. The molecule has 0 bridgehead atoms. The van der Waals surface area contributed by atoms with E-state index >= 15 is 0 Å². The van der Waals surface area contributed by atoms with Gasteiger partial charge in [0.05, 0.1) is 5.69 Å². The van der Waals surface area contributed by atoms with Crippen LogP contribution in [0.1, 0.15) is 24.2 Å². The Bertz CT molecular complexity index is 687. The van der Waals surface area contributed by atoms with Crippen LogP contribution in [0.2, 0.25) is 0 Å². The molecule has 0 saturated carbocycles. The average Bonchev–Trinajstić information content (AvgIpc) is 2.87. The first-order valence-electron chi connectivity index (χ1n) is 6.64. The van der Waals surface area contributed by atoms with Crippen LogP contribution in [-0.2, 0) is 6.54 Å². The zero-order valence-corrected chi connectivity index (χ0v) is 11.3. The van der Waals surface area contributed by atoms with Gasteiger partial charge < -0.3 is 9.72 Å². The third-order valence-corrected chi connectivity index (χ3v) is 3.35. The highest BCUT2D eigenvalue weighted by Gasteiger charge is 2.07. The van der Waals surface area contributed by atoms with E-state index in [1.165, 1.54) is 6.07 Å². The van der Waals surface area contributed by atoms with Crippen LogP contribution in [0.3, 0.4) is 0 Å². The molecular weight excluding hydrogens is 253 g/mol. The van der Waals surface area contributed by atoms with Crippen LogP contribution in [0.5, 0.6) is 0 Å². The number of nitrogens with one attached hydrogen (secondary N) is 1. The summed E-state index contributed by atoms with van der Waals surface area (Å²) in [5.41, 5.74) is 2.84. The minimum Gasteiger partial charge on any atom is -0.307 e. The number of rotatable bonds is 4. The fraction of sp³-hybridized carbons (Fsp3) is 0.188. The van der Waals surface area contributed by atoms with Gasteiger partial charge in [0.2, 0.25) is 0 Å². The zero-order chi connectivity index (χ0) is 13.9. The summed E-state index contributed by atoms with van der Waals surface area (Å²) in [6.07, 6.45) is 3.97. The van der Waals surface area contributed by atoms with E-state index < -0.39 is 0 Å². The molecule has 1 aromatic carbocycles. The topological polar surface area (TPSA) is 29.3 Å². The van der Waals surface area contributed by atoms with E-state index in [9.17, 15) is 4.39 Å². The molecule has 1 atom stereocenters. The standard InChI is InChI=1S/C16H16FN3/c1-12(13-5-4-6-14(17)9-13)18-10-15-11-20-8-3-2-7-16(20)19-15/h2-9,11-12,18H,10H2,1H3. The second-order valence-electron chi connectivity index (χ2n) is 4.86. The Hall–Kier alpha value is -2.20. The normalized spacial score (nSPS) is 12.7. The van der Waals surface area contributed by atoms with Crippen LogP contribution in [0.25, 0.3) is 5.65 Å². The van der Waals surface area contributed by atoms with Crippen LogP contribution in [-0.4, -0.2) is 9.38 Å². The highest BCUT2D eigenvalue weighted by molar-refractivity contribution is 5.39. The molecule has 3 aromatic rings. The van der Waals surface area contributed by atoms with Crippen LogP contribution in [0, 0.1) is 5.82 Å². The summed E-state index contributed by atoms with van der Waals surface area (Å²) in [4.78, 5) is 4.52. The van der Waals surface area contributed by atoms with Crippen LogP contribution >= 0.6 is 0 Å². The lowest BCUT2D eigenvalue weighted by molar-refractivity contribution is 0.560. The molecule has 102 valence electrons. The number of halogens is 1. The van der Waals surface area contributed by atoms with Crippen LogP contribution < -0.4 is 5.32 Å². The predicted molar refractivity (Wildman–Crippen MR) is 76.8 cm³/mol. The first kappa shape index (κ1) is 12.8. The molecule has 20 heavy (non-hydrogen) atoms. The van der Waals surface area contributed by atoms with Gasteiger partial charge in [-0.2, -0.15) is 0 Å². The van der Waals surface area contributed by atoms with Crippen molar-refractivity contribution in [3.63, 3.8) is 0 Å². The third kappa shape index (κ3) is 2.70. The monoisotopic (exact) mass is 269 g/mol. The maximum absolute atomic E-state index is 13.2. The molecule has 3 rings (SSSR count). The molecule has 2 heterocycles. The molecule has 1 N–H and O–H groups in total. The lowest BCUT2D eigenvalue weighted by Gasteiger charge is -2.13. The lowest BCUT2D eigenvalue weighted by Crippen LogP contribution is -2.18. The van der Waals surface area contributed by atoms with E-state index in [1.54, 1.807) is 12.1 Å². The van der Waals surface area contributed by atoms with Gasteiger partial charge in [0.25, 0.3) is 0 Å². The number of benzene rings is 1. The van der Waals surface area contributed by atoms with E-state index in [2.05, 4.69) is 10.3 Å². The van der Waals surface area contributed by atoms with Gasteiger partial charge in [0.15, 0.2) is 0 Å². The number of nitrogens with zero attached hydrogens (tertiary/aromatic N) is 2. The van der Waals surface area contributed by atoms with Crippen molar-refractivity contribution in [1.82, 2.24) is 14.7 Å². The summed E-state index contributed by atoms with van der Waals surface area (Å²) in [7, 11) is 0. The summed E-state index contributed by atoms with van der Waals surface area (Å²) in [6.45, 7) is 2.67. The van der Waals surface area contributed by atoms with Gasteiger partial charge in [-0.15, -0.1) is 0 Å². The number of imidazole rings is 1. The van der Waals surface area contributed by atoms with Crippen molar-refractivity contribution in [1.29, 1.82) is 0 Å². The second-order valence-corrected chi connectivity index (χ2v) is 4.86. The van der Waals surface area contributed by atoms with Crippen LogP contribution in [0.4, 0.5) is 4.39 Å². The van der Waals surface area contributed by atoms with E-state index in [4.69, 9.17) is 0 Å². The van der Waals surface area contributed by atoms with Crippen molar-refractivity contribution < 1.29 is 4.39 Å². The average molecular weight is 269 g/mol. The Kier molecular flexibility index (Phi) is 3.48. The van der Waals surface area contributed by atoms with E-state index in [-0.39, 0.29) is 11.9 Å². The van der Waals surface area contributed by atoms with Gasteiger partial charge in [0, 0.05) is 25.0 Å². The van der Waals surface area contributed by atoms with Gasteiger partial charge in [-0.1, -0.05) is 18.2 Å². The van der Waals surface area contributed by atoms with Crippen molar-refractivity contribution in [3.8, 4) is 0 Å². The predicted octanol–water partition coefficient (Wildman–Crippen LogP) is 3.32. The smallest absolute Gasteiger partial charge is 0.137 e. The number of hydrogen-bond acceptors (Lipinski definition) is 2. The largest absolute Gasteiger partial charge is 0.307 e. The minimum absolute atomic E-state index is 0.0792. The maximum Gasteiger partial charge on any atom is 0.137 e. The number of aromatic nitrogens is 2. The molecule has 0 amide bonds. The first-order valence-corrected chi connectivity index (χ1v) is 6.64. The molecule has 0 spiro atoms. The van der Waals surface area contributed by atoms with E-state index in [0.29, 0.717) is 6.54 Å². The lowest BCUT2D eigenvalue weighted by atomic mass is 10.1. The van der Waals surface area contributed by atoms with Crippen molar-refractivity contribution in [2.45, 2.75) is 19.5 Å². The Morgan fingerprint density at radius 1 is 1.25 bits per heavy atom. The number of fused-ring (bicyclic) bond motifs is 1. The fourth-order valence-corrected chi connectivity index (χ4v) is 2.22. The SMILES string of the molecule is CC(NCc1cn2ccccc2n1)c1cccc(F)c1. The highest BCUT2D eigenvalue weighted by atomic mass is 19.1. The number of pyridine rings is 1. The van der Waals surface area contributed by atoms with Crippen molar-refractivity contribution >= 4 is 5.65 Å². The fourth-order valence-electron chi connectivity index (χ4n) is 2.22. The molecule has 0 saturated heterocycles. The molecule has 2 aromatic heterocycles. The molecule has 0 aliphatic rings. The van der Waals surface area contributed by atoms with Crippen molar-refractivity contribution in [2.75, 3.05) is 0 Å². The summed E-state index contributed by atoms with van der Waals surface area (Å²) in [5, 5.41) is 3.36. The Morgan fingerprint density at radius 3 is 2.95 bits per heavy atom. The molecule has 0 fully saturated rings. The first-order chi connectivity index (χ1) is 9.72. The summed E-state index contributed by atoms with van der Waals surface area (Å²) in [6, 6.07) is 12.7. The molecule has 3 nitrogen and oxygen atoms in total. The van der Waals surface area contributed by atoms with Gasteiger partial charge in [0.1, 0.15) is 11.5 Å². The van der Waals surface area contributed by atoms with Gasteiger partial charge >= 0.3 is 0 Å². The molecule has 0 radical (unpaired) electrons. The van der Waals surface area contributed by atoms with Gasteiger partial charge in [-0.05, 0) is 36.8 Å². The Labute approximate surface area is 117 Å². The minimum atomic E-state index is -0.205. The van der Waals surface area contributed by atoms with E-state index in [1.807, 2.05) is 48.0 Å². The third-order valence-electron chi connectivity index (χ3n) is 3.35. The summed E-state index contributed by atoms with van der Waals surface area (Å²) >= 11 is 0. The quantitative estimate of drug-likeness (QED) is 0.787. The van der Waals surface area contributed by atoms with E-state index in [0.717, 1.165) is 16.9 Å². The molecule has 0 aliphatic carbocycles. The Balaban J connectivity index is 1.69. The van der Waals surface area contributed by atoms with Gasteiger partial charge in [-0.3, -0.25) is 0 Å². The Morgan fingerprint density at radius 2 is 2.15 bits per heavy atom. The molecule has 0 aliphatic heterocycles. The molecule has 1 unspecified atom stereocenters. The highest BCUT2D eigenvalue weighted by Crippen LogP contribution is 2.14. The second kappa shape index (κ2) is 5.43. The maximum atomic E-state index is 13.2. The summed E-state index contributed by atoms with van der Waals surface area (Å²) < 4.78 is 15.2.